The fourth-order valence-electron chi connectivity index (χ4n) is 5.44. The van der Waals surface area contributed by atoms with Crippen molar-refractivity contribution >= 4 is 21.1 Å². The minimum absolute atomic E-state index is 0.0733. The highest BCUT2D eigenvalue weighted by Gasteiger charge is 2.41. The maximum atomic E-state index is 12.8. The van der Waals surface area contributed by atoms with Crippen molar-refractivity contribution in [2.45, 2.75) is 64.6 Å². The molecule has 2 heterocycles. The van der Waals surface area contributed by atoms with E-state index in [9.17, 15) is 8.42 Å². The molecule has 1 aliphatic heterocycles. The van der Waals surface area contributed by atoms with Crippen molar-refractivity contribution in [3.05, 3.63) is 35.5 Å². The van der Waals surface area contributed by atoms with Crippen molar-refractivity contribution in [2.75, 3.05) is 26.7 Å². The maximum Gasteiger partial charge on any atom is 0.279 e. The van der Waals surface area contributed by atoms with Crippen molar-refractivity contribution in [1.82, 2.24) is 18.5 Å². The molecule has 0 spiro atoms. The van der Waals surface area contributed by atoms with Crippen LogP contribution >= 0.6 is 0 Å². The molecule has 0 radical (unpaired) electrons. The van der Waals surface area contributed by atoms with Crippen LogP contribution in [0.2, 0.25) is 0 Å². The number of benzene rings is 1. The van der Waals surface area contributed by atoms with Gasteiger partial charge in [0.25, 0.3) is 10.2 Å². The lowest BCUT2D eigenvalue weighted by molar-refractivity contribution is 0.135. The number of likely N-dealkylation sites (tertiary alicyclic amines) is 1. The smallest absolute Gasteiger partial charge is 0.279 e. The second-order valence-corrected chi connectivity index (χ2v) is 10.6. The lowest BCUT2D eigenvalue weighted by Gasteiger charge is -2.45. The lowest BCUT2D eigenvalue weighted by atomic mass is 9.74. The Morgan fingerprint density at radius 2 is 1.97 bits per heavy atom. The third-order valence-electron chi connectivity index (χ3n) is 6.79. The first kappa shape index (κ1) is 20.8. The van der Waals surface area contributed by atoms with Gasteiger partial charge in [-0.1, -0.05) is 26.0 Å². The SMILES string of the molecule is CCN(CC)S(=O)(=O)N[C@H]1C[C@@H]2c3cccc4c3c(cn4C(C)C)C[C@H]2N(C)C1. The topological polar surface area (TPSA) is 57.6 Å². The van der Waals surface area contributed by atoms with Crippen LogP contribution in [0.3, 0.4) is 0 Å². The molecule has 7 heteroatoms. The van der Waals surface area contributed by atoms with Crippen molar-refractivity contribution in [3.63, 3.8) is 0 Å². The van der Waals surface area contributed by atoms with Crippen LogP contribution in [0, 0.1) is 0 Å². The van der Waals surface area contributed by atoms with Gasteiger partial charge in [-0.05, 0) is 50.9 Å². The lowest BCUT2D eigenvalue weighted by Crippen LogP contribution is -2.56. The van der Waals surface area contributed by atoms with Gasteiger partial charge in [0.15, 0.2) is 0 Å². The summed E-state index contributed by atoms with van der Waals surface area (Å²) in [5.41, 5.74) is 4.12. The van der Waals surface area contributed by atoms with Crippen LogP contribution in [0.25, 0.3) is 10.9 Å². The maximum absolute atomic E-state index is 12.8. The number of nitrogens with one attached hydrogen (secondary N) is 1. The molecule has 0 unspecified atom stereocenters. The Kier molecular flexibility index (Phi) is 5.53. The molecule has 6 nitrogen and oxygen atoms in total. The largest absolute Gasteiger partial charge is 0.345 e. The van der Waals surface area contributed by atoms with Crippen LogP contribution in [0.5, 0.6) is 0 Å². The zero-order valence-corrected chi connectivity index (χ0v) is 19.0. The Morgan fingerprint density at radius 3 is 2.62 bits per heavy atom. The highest BCUT2D eigenvalue weighted by atomic mass is 32.2. The quantitative estimate of drug-likeness (QED) is 0.784. The number of hydrogen-bond acceptors (Lipinski definition) is 3. The third-order valence-corrected chi connectivity index (χ3v) is 8.62. The van der Waals surface area contributed by atoms with Gasteiger partial charge < -0.3 is 9.47 Å². The van der Waals surface area contributed by atoms with E-state index in [0.717, 1.165) is 19.4 Å². The number of fused-ring (bicyclic) bond motifs is 2. The van der Waals surface area contributed by atoms with E-state index in [1.165, 1.54) is 26.3 Å². The van der Waals surface area contributed by atoms with Gasteiger partial charge in [0.1, 0.15) is 0 Å². The molecule has 2 aliphatic rings. The van der Waals surface area contributed by atoms with Gasteiger partial charge in [-0.2, -0.15) is 17.4 Å². The molecular weight excluding hydrogens is 384 g/mol. The summed E-state index contributed by atoms with van der Waals surface area (Å²) in [6, 6.07) is 7.40. The van der Waals surface area contributed by atoms with Gasteiger partial charge in [-0.15, -0.1) is 0 Å². The second kappa shape index (κ2) is 7.69. The summed E-state index contributed by atoms with van der Waals surface area (Å²) in [5, 5.41) is 1.39. The molecule has 2 aromatic rings. The molecule has 1 saturated heterocycles. The molecule has 1 aliphatic carbocycles. The fraction of sp³-hybridized carbons (Fsp3) is 0.636. The van der Waals surface area contributed by atoms with Gasteiger partial charge in [-0.25, -0.2) is 0 Å². The number of nitrogens with zero attached hydrogens (tertiary/aromatic N) is 3. The Bertz CT molecular complexity index is 994. The molecule has 0 bridgehead atoms. The summed E-state index contributed by atoms with van der Waals surface area (Å²) in [4.78, 5) is 2.36. The van der Waals surface area contributed by atoms with Crippen molar-refractivity contribution in [3.8, 4) is 0 Å². The van der Waals surface area contributed by atoms with Crippen molar-refractivity contribution in [2.24, 2.45) is 0 Å². The van der Waals surface area contributed by atoms with E-state index in [1.807, 2.05) is 13.8 Å². The Balaban J connectivity index is 1.68. The van der Waals surface area contributed by atoms with Crippen molar-refractivity contribution < 1.29 is 8.42 Å². The molecule has 160 valence electrons. The third kappa shape index (κ3) is 3.52. The van der Waals surface area contributed by atoms with Crippen LogP contribution < -0.4 is 4.72 Å². The molecule has 0 amide bonds. The predicted octanol–water partition coefficient (Wildman–Crippen LogP) is 3.11. The van der Waals surface area contributed by atoms with Crippen LogP contribution in [0.1, 0.15) is 57.2 Å². The minimum atomic E-state index is -3.45. The molecule has 1 fully saturated rings. The van der Waals surface area contributed by atoms with E-state index in [0.29, 0.717) is 31.1 Å². The average Bonchev–Trinajstić information content (AvgIpc) is 3.03. The summed E-state index contributed by atoms with van der Waals surface area (Å²) in [6.45, 7) is 9.95. The van der Waals surface area contributed by atoms with Gasteiger partial charge in [-0.3, -0.25) is 0 Å². The number of likely N-dealkylation sites (N-methyl/N-ethyl adjacent to an activating group) is 1. The molecule has 0 saturated carbocycles. The number of hydrogen-bond donors (Lipinski definition) is 1. The number of rotatable bonds is 6. The van der Waals surface area contributed by atoms with Crippen molar-refractivity contribution in [1.29, 1.82) is 0 Å². The first-order chi connectivity index (χ1) is 13.8. The van der Waals surface area contributed by atoms with Gasteiger partial charge in [0.2, 0.25) is 0 Å². The predicted molar refractivity (Wildman–Crippen MR) is 119 cm³/mol. The van der Waals surface area contributed by atoms with E-state index in [1.54, 1.807) is 0 Å². The molecule has 3 atom stereocenters. The van der Waals surface area contributed by atoms with Gasteiger partial charge in [0.05, 0.1) is 0 Å². The van der Waals surface area contributed by atoms with E-state index in [-0.39, 0.29) is 6.04 Å². The first-order valence-electron chi connectivity index (χ1n) is 10.9. The molecular formula is C22H34N4O2S. The highest BCUT2D eigenvalue weighted by molar-refractivity contribution is 7.87. The molecule has 1 aromatic heterocycles. The zero-order valence-electron chi connectivity index (χ0n) is 18.2. The minimum Gasteiger partial charge on any atom is -0.345 e. The Hall–Kier alpha value is -1.41. The van der Waals surface area contributed by atoms with Crippen LogP contribution in [-0.2, 0) is 16.6 Å². The van der Waals surface area contributed by atoms with E-state index in [4.69, 9.17) is 0 Å². The summed E-state index contributed by atoms with van der Waals surface area (Å²) >= 11 is 0. The molecule has 1 N–H and O–H groups in total. The van der Waals surface area contributed by atoms with Crippen LogP contribution in [0.4, 0.5) is 0 Å². The summed E-state index contributed by atoms with van der Waals surface area (Å²) in [5.74, 6) is 0.345. The second-order valence-electron chi connectivity index (χ2n) is 8.85. The number of aromatic nitrogens is 1. The first-order valence-corrected chi connectivity index (χ1v) is 12.3. The summed E-state index contributed by atoms with van der Waals surface area (Å²) < 4.78 is 32.4. The Morgan fingerprint density at radius 1 is 1.24 bits per heavy atom. The number of piperidine rings is 1. The standard InChI is InChI=1S/C22H34N4O2S/c1-6-25(7-2)29(27,28)23-17-12-19-18-9-8-10-20-22(18)16(13-26(20)15(3)4)11-21(19)24(5)14-17/h8-10,13,15,17,19,21,23H,6-7,11-12,14H2,1-5H3/t17-,19+,21+/m0/s1. The Labute approximate surface area is 175 Å². The van der Waals surface area contributed by atoms with E-state index < -0.39 is 10.2 Å². The van der Waals surface area contributed by atoms with Crippen LogP contribution in [-0.4, -0.2) is 61.0 Å². The summed E-state index contributed by atoms with van der Waals surface area (Å²) in [6.07, 6.45) is 4.21. The van der Waals surface area contributed by atoms with E-state index in [2.05, 4.69) is 59.5 Å². The van der Waals surface area contributed by atoms with Gasteiger partial charge >= 0.3 is 0 Å². The van der Waals surface area contributed by atoms with Crippen LogP contribution in [0.15, 0.2) is 24.4 Å². The molecule has 29 heavy (non-hydrogen) atoms. The zero-order chi connectivity index (χ0) is 20.9. The monoisotopic (exact) mass is 418 g/mol. The van der Waals surface area contributed by atoms with Gasteiger partial charge in [0, 0.05) is 60.8 Å². The molecule has 4 rings (SSSR count). The van der Waals surface area contributed by atoms with E-state index >= 15 is 0 Å². The highest BCUT2D eigenvalue weighted by Crippen LogP contribution is 2.44. The average molecular weight is 419 g/mol. The summed E-state index contributed by atoms with van der Waals surface area (Å²) in [7, 11) is -1.31. The fourth-order valence-corrected chi connectivity index (χ4v) is 6.86. The molecule has 1 aromatic carbocycles. The normalized spacial score (nSPS) is 25.1.